The fraction of sp³-hybridized carbons (Fsp3) is 0.300. The Morgan fingerprint density at radius 3 is 2.66 bits per heavy atom. The molecule has 0 unspecified atom stereocenters. The Kier molecular flexibility index (Phi) is 7.50. The van der Waals surface area contributed by atoms with E-state index in [4.69, 9.17) is 21.1 Å². The Labute approximate surface area is 171 Å². The van der Waals surface area contributed by atoms with Crippen LogP contribution < -0.4 is 14.9 Å². The standard InChI is InChI=1S/C20H20ClF3N2O3/c1-4-12(2)29-18-16(21)8-13(9-17(18)28-3)11-25-26-19(27)14-6-5-7-15(10-14)20(22,23)24/h5-12H,4H2,1-3H3,(H,26,27)/b25-11-/t12-/m1/s1. The number of carbonyl (C=O) groups is 1. The van der Waals surface area contributed by atoms with Crippen LogP contribution in [-0.2, 0) is 6.18 Å². The molecule has 0 spiro atoms. The number of hydrogen-bond acceptors (Lipinski definition) is 4. The molecule has 1 amide bonds. The van der Waals surface area contributed by atoms with Gasteiger partial charge in [0, 0.05) is 5.56 Å². The van der Waals surface area contributed by atoms with Gasteiger partial charge in [-0.15, -0.1) is 0 Å². The highest BCUT2D eigenvalue weighted by Gasteiger charge is 2.30. The summed E-state index contributed by atoms with van der Waals surface area (Å²) < 4.78 is 49.3. The molecule has 5 nitrogen and oxygen atoms in total. The van der Waals surface area contributed by atoms with Gasteiger partial charge in [0.15, 0.2) is 11.5 Å². The number of methoxy groups -OCH3 is 1. The lowest BCUT2D eigenvalue weighted by Crippen LogP contribution is -2.18. The Balaban J connectivity index is 2.14. The summed E-state index contributed by atoms with van der Waals surface area (Å²) in [6, 6.07) is 7.25. The van der Waals surface area contributed by atoms with Crippen molar-refractivity contribution in [2.24, 2.45) is 5.10 Å². The number of alkyl halides is 3. The van der Waals surface area contributed by atoms with Crippen molar-refractivity contribution in [1.82, 2.24) is 5.43 Å². The molecule has 2 aromatic rings. The second kappa shape index (κ2) is 9.65. The number of carbonyl (C=O) groups excluding carboxylic acids is 1. The van der Waals surface area contributed by atoms with Crippen LogP contribution in [0.15, 0.2) is 41.5 Å². The largest absolute Gasteiger partial charge is 0.493 e. The smallest absolute Gasteiger partial charge is 0.416 e. The van der Waals surface area contributed by atoms with Gasteiger partial charge < -0.3 is 9.47 Å². The second-order valence-corrected chi connectivity index (χ2v) is 6.56. The van der Waals surface area contributed by atoms with Crippen LogP contribution in [-0.4, -0.2) is 25.3 Å². The van der Waals surface area contributed by atoms with Crippen molar-refractivity contribution < 1.29 is 27.4 Å². The van der Waals surface area contributed by atoms with Crippen molar-refractivity contribution in [3.8, 4) is 11.5 Å². The highest BCUT2D eigenvalue weighted by molar-refractivity contribution is 6.32. The quantitative estimate of drug-likeness (QED) is 0.480. The summed E-state index contributed by atoms with van der Waals surface area (Å²) in [5.74, 6) is 0.0132. The Hall–Kier alpha value is -2.74. The van der Waals surface area contributed by atoms with Gasteiger partial charge in [-0.25, -0.2) is 5.43 Å². The summed E-state index contributed by atoms with van der Waals surface area (Å²) in [5, 5.41) is 4.07. The van der Waals surface area contributed by atoms with E-state index in [1.807, 2.05) is 13.8 Å². The lowest BCUT2D eigenvalue weighted by atomic mass is 10.1. The fourth-order valence-corrected chi connectivity index (χ4v) is 2.54. The maximum absolute atomic E-state index is 12.8. The third-order valence-corrected chi connectivity index (χ3v) is 4.26. The van der Waals surface area contributed by atoms with Gasteiger partial charge in [0.05, 0.1) is 30.0 Å². The molecule has 0 bridgehead atoms. The number of benzene rings is 2. The molecule has 0 aliphatic heterocycles. The Morgan fingerprint density at radius 2 is 2.03 bits per heavy atom. The number of hydrazone groups is 1. The van der Waals surface area contributed by atoms with Gasteiger partial charge in [-0.05, 0) is 49.2 Å². The minimum atomic E-state index is -4.54. The molecular weight excluding hydrogens is 409 g/mol. The minimum absolute atomic E-state index is 0.0623. The molecule has 1 atom stereocenters. The number of halogens is 4. The third-order valence-electron chi connectivity index (χ3n) is 3.98. The molecule has 0 saturated carbocycles. The van der Waals surface area contributed by atoms with E-state index in [9.17, 15) is 18.0 Å². The van der Waals surface area contributed by atoms with Crippen LogP contribution in [0.4, 0.5) is 13.2 Å². The first-order valence-electron chi connectivity index (χ1n) is 8.70. The van der Waals surface area contributed by atoms with Crippen LogP contribution in [0.3, 0.4) is 0 Å². The first-order valence-corrected chi connectivity index (χ1v) is 9.08. The lowest BCUT2D eigenvalue weighted by Gasteiger charge is -2.17. The molecule has 2 rings (SSSR count). The zero-order valence-corrected chi connectivity index (χ0v) is 16.8. The number of hydrogen-bond donors (Lipinski definition) is 1. The SMILES string of the molecule is CC[C@@H](C)Oc1c(Cl)cc(/C=N\NC(=O)c2cccc(C(F)(F)F)c2)cc1OC. The van der Waals surface area contributed by atoms with Crippen molar-refractivity contribution in [2.45, 2.75) is 32.5 Å². The summed E-state index contributed by atoms with van der Waals surface area (Å²) in [6.45, 7) is 3.87. The predicted molar refractivity (Wildman–Crippen MR) is 105 cm³/mol. The zero-order chi connectivity index (χ0) is 21.6. The lowest BCUT2D eigenvalue weighted by molar-refractivity contribution is -0.137. The maximum atomic E-state index is 12.8. The molecule has 2 aromatic carbocycles. The molecule has 0 aromatic heterocycles. The van der Waals surface area contributed by atoms with Crippen LogP contribution in [0.25, 0.3) is 0 Å². The number of rotatable bonds is 7. The average molecular weight is 429 g/mol. The van der Waals surface area contributed by atoms with E-state index in [-0.39, 0.29) is 11.7 Å². The van der Waals surface area contributed by atoms with Crippen molar-refractivity contribution in [3.05, 3.63) is 58.1 Å². The van der Waals surface area contributed by atoms with Gasteiger partial charge in [0.25, 0.3) is 5.91 Å². The predicted octanol–water partition coefficient (Wildman–Crippen LogP) is 5.31. The van der Waals surface area contributed by atoms with Crippen molar-refractivity contribution in [1.29, 1.82) is 0 Å². The third kappa shape index (κ3) is 6.12. The van der Waals surface area contributed by atoms with E-state index >= 15 is 0 Å². The highest BCUT2D eigenvalue weighted by atomic mass is 35.5. The van der Waals surface area contributed by atoms with E-state index in [2.05, 4.69) is 10.5 Å². The summed E-state index contributed by atoms with van der Waals surface area (Å²) in [5.41, 5.74) is 1.62. The van der Waals surface area contributed by atoms with Crippen LogP contribution in [0, 0.1) is 0 Å². The minimum Gasteiger partial charge on any atom is -0.493 e. The molecule has 1 N–H and O–H groups in total. The molecule has 9 heteroatoms. The van der Waals surface area contributed by atoms with Crippen molar-refractivity contribution in [3.63, 3.8) is 0 Å². The molecule has 29 heavy (non-hydrogen) atoms. The van der Waals surface area contributed by atoms with E-state index < -0.39 is 17.6 Å². The van der Waals surface area contributed by atoms with Crippen molar-refractivity contribution >= 4 is 23.7 Å². The molecule has 156 valence electrons. The molecule has 0 saturated heterocycles. The van der Waals surface area contributed by atoms with Gasteiger partial charge in [-0.1, -0.05) is 24.6 Å². The van der Waals surface area contributed by atoms with Gasteiger partial charge in [-0.2, -0.15) is 18.3 Å². The second-order valence-electron chi connectivity index (χ2n) is 6.15. The van der Waals surface area contributed by atoms with Gasteiger partial charge >= 0.3 is 6.18 Å². The molecule has 0 fully saturated rings. The first kappa shape index (κ1) is 22.5. The summed E-state index contributed by atoms with van der Waals surface area (Å²) >= 11 is 6.25. The van der Waals surface area contributed by atoms with Gasteiger partial charge in [0.1, 0.15) is 0 Å². The van der Waals surface area contributed by atoms with E-state index in [0.717, 1.165) is 24.6 Å². The molecule has 0 radical (unpaired) electrons. The molecule has 0 aliphatic rings. The number of nitrogens with zero attached hydrogens (tertiary/aromatic N) is 1. The van der Waals surface area contributed by atoms with Crippen LogP contribution in [0.5, 0.6) is 11.5 Å². The van der Waals surface area contributed by atoms with E-state index in [1.54, 1.807) is 12.1 Å². The van der Waals surface area contributed by atoms with Gasteiger partial charge in [0.2, 0.25) is 0 Å². The highest BCUT2D eigenvalue weighted by Crippen LogP contribution is 2.37. The van der Waals surface area contributed by atoms with Gasteiger partial charge in [-0.3, -0.25) is 4.79 Å². The Morgan fingerprint density at radius 1 is 1.31 bits per heavy atom. The summed E-state index contributed by atoms with van der Waals surface area (Å²) in [4.78, 5) is 12.0. The van der Waals surface area contributed by atoms with E-state index in [0.29, 0.717) is 22.1 Å². The maximum Gasteiger partial charge on any atom is 0.416 e. The number of amides is 1. The topological polar surface area (TPSA) is 59.9 Å². The fourth-order valence-electron chi connectivity index (χ4n) is 2.28. The van der Waals surface area contributed by atoms with Crippen LogP contribution in [0.2, 0.25) is 5.02 Å². The monoisotopic (exact) mass is 428 g/mol. The molecular formula is C20H20ClF3N2O3. The summed E-state index contributed by atoms with van der Waals surface area (Å²) in [7, 11) is 1.46. The zero-order valence-electron chi connectivity index (χ0n) is 16.0. The van der Waals surface area contributed by atoms with Crippen LogP contribution >= 0.6 is 11.6 Å². The molecule has 0 heterocycles. The van der Waals surface area contributed by atoms with Crippen LogP contribution in [0.1, 0.15) is 41.8 Å². The number of ether oxygens (including phenoxy) is 2. The van der Waals surface area contributed by atoms with Crippen molar-refractivity contribution in [2.75, 3.05) is 7.11 Å². The normalized spacial score (nSPS) is 12.7. The molecule has 0 aliphatic carbocycles. The van der Waals surface area contributed by atoms with E-state index in [1.165, 1.54) is 19.4 Å². The number of nitrogens with one attached hydrogen (secondary N) is 1. The Bertz CT molecular complexity index is 901. The average Bonchev–Trinajstić information content (AvgIpc) is 2.68. The first-order chi connectivity index (χ1) is 13.7. The summed E-state index contributed by atoms with van der Waals surface area (Å²) in [6.07, 6.45) is -2.52.